The number of aliphatic hydroxyl groups is 1. The number of hydrogen-bond acceptors (Lipinski definition) is 6. The first-order chi connectivity index (χ1) is 19.7. The molecular formula is C31H32ClF2N3O5. The van der Waals surface area contributed by atoms with Gasteiger partial charge in [0.25, 0.3) is 5.56 Å². The van der Waals surface area contributed by atoms with Crippen molar-refractivity contribution in [2.24, 2.45) is 17.3 Å². The standard InChI is InChI=1S/C31H32ClF2N3O5/c1-5-31(41)19-8-22-26-17(12-37(22)28(39)18(19)13-42-29(31)40)16(23-21(36-26)9-20(33)24(32)25(23)34)11-35-27(38)15(14-6-7-14)10-30(2,3)4/h8-9,14-15,41H,5-7,10-13H2,1-4H3,(H,35,38)/t15-,31+/m1/s1. The third-order valence-electron chi connectivity index (χ3n) is 8.73. The average molecular weight is 600 g/mol. The third kappa shape index (κ3) is 4.50. The Hall–Kier alpha value is -3.37. The molecule has 8 nitrogen and oxygen atoms in total. The molecule has 1 fully saturated rings. The zero-order valence-corrected chi connectivity index (χ0v) is 24.6. The van der Waals surface area contributed by atoms with E-state index in [0.717, 1.165) is 18.9 Å². The molecule has 3 aromatic rings. The quantitative estimate of drug-likeness (QED) is 0.236. The van der Waals surface area contributed by atoms with Crippen molar-refractivity contribution in [3.8, 4) is 11.4 Å². The average Bonchev–Trinajstić information content (AvgIpc) is 3.71. The molecule has 222 valence electrons. The van der Waals surface area contributed by atoms with Crippen LogP contribution in [0.5, 0.6) is 0 Å². The fourth-order valence-electron chi connectivity index (χ4n) is 6.37. The van der Waals surface area contributed by atoms with Gasteiger partial charge in [0.1, 0.15) is 17.4 Å². The van der Waals surface area contributed by atoms with Gasteiger partial charge in [0.05, 0.1) is 29.0 Å². The lowest BCUT2D eigenvalue weighted by Gasteiger charge is -2.31. The summed E-state index contributed by atoms with van der Waals surface area (Å²) in [6.45, 7) is 7.45. The van der Waals surface area contributed by atoms with Gasteiger partial charge >= 0.3 is 5.97 Å². The molecule has 42 heavy (non-hydrogen) atoms. The molecule has 1 aliphatic carbocycles. The third-order valence-corrected chi connectivity index (χ3v) is 9.07. The van der Waals surface area contributed by atoms with Crippen molar-refractivity contribution >= 4 is 34.4 Å². The summed E-state index contributed by atoms with van der Waals surface area (Å²) in [6, 6.07) is 2.56. The number of pyridine rings is 2. The Morgan fingerprint density at radius 3 is 2.62 bits per heavy atom. The van der Waals surface area contributed by atoms with Crippen LogP contribution >= 0.6 is 11.6 Å². The van der Waals surface area contributed by atoms with E-state index in [1.54, 1.807) is 6.92 Å². The Morgan fingerprint density at radius 2 is 1.98 bits per heavy atom. The number of hydrogen-bond donors (Lipinski definition) is 2. The predicted molar refractivity (Wildman–Crippen MR) is 152 cm³/mol. The SMILES string of the molecule is CC[C@@]1(O)C(=O)OCc2c1cc1n(c2=O)Cc2c-1nc1cc(F)c(Cl)c(F)c1c2CNC(=O)[C@H](CC(C)(C)C)C1CC1. The molecule has 1 amide bonds. The van der Waals surface area contributed by atoms with Crippen molar-refractivity contribution in [1.82, 2.24) is 14.9 Å². The van der Waals surface area contributed by atoms with E-state index >= 15 is 4.39 Å². The van der Waals surface area contributed by atoms with Crippen molar-refractivity contribution in [3.05, 3.63) is 61.4 Å². The van der Waals surface area contributed by atoms with Crippen LogP contribution in [0, 0.1) is 28.9 Å². The zero-order chi connectivity index (χ0) is 30.3. The van der Waals surface area contributed by atoms with E-state index in [1.165, 1.54) is 10.6 Å². The van der Waals surface area contributed by atoms with Gasteiger partial charge in [0.15, 0.2) is 11.4 Å². The topological polar surface area (TPSA) is 111 Å². The minimum atomic E-state index is -2.02. The van der Waals surface area contributed by atoms with Gasteiger partial charge in [-0.25, -0.2) is 18.6 Å². The number of carbonyl (C=O) groups is 2. The molecule has 0 saturated heterocycles. The Labute approximate surface area is 246 Å². The van der Waals surface area contributed by atoms with E-state index in [1.807, 2.05) is 0 Å². The first-order valence-electron chi connectivity index (χ1n) is 14.2. The number of rotatable bonds is 6. The summed E-state index contributed by atoms with van der Waals surface area (Å²) in [7, 11) is 0. The van der Waals surface area contributed by atoms with Gasteiger partial charge in [-0.2, -0.15) is 0 Å². The van der Waals surface area contributed by atoms with Gasteiger partial charge in [-0.1, -0.05) is 39.3 Å². The summed E-state index contributed by atoms with van der Waals surface area (Å²) >= 11 is 5.98. The van der Waals surface area contributed by atoms with E-state index in [4.69, 9.17) is 16.3 Å². The Morgan fingerprint density at radius 1 is 1.26 bits per heavy atom. The predicted octanol–water partition coefficient (Wildman–Crippen LogP) is 5.09. The van der Waals surface area contributed by atoms with Crippen molar-refractivity contribution in [2.75, 3.05) is 0 Å². The maximum atomic E-state index is 15.6. The van der Waals surface area contributed by atoms with Crippen LogP contribution in [0.1, 0.15) is 75.6 Å². The number of nitrogens with zero attached hydrogens (tertiary/aromatic N) is 2. The van der Waals surface area contributed by atoms with E-state index in [2.05, 4.69) is 31.1 Å². The number of nitrogens with one attached hydrogen (secondary N) is 1. The second kappa shape index (κ2) is 9.84. The molecule has 2 N–H and O–H groups in total. The number of fused-ring (bicyclic) bond motifs is 5. The van der Waals surface area contributed by atoms with Crippen LogP contribution in [0.25, 0.3) is 22.3 Å². The van der Waals surface area contributed by atoms with Crippen LogP contribution in [-0.2, 0) is 39.6 Å². The van der Waals surface area contributed by atoms with Crippen LogP contribution in [0.3, 0.4) is 0 Å². The first kappa shape index (κ1) is 28.7. The van der Waals surface area contributed by atoms with Crippen LogP contribution < -0.4 is 10.9 Å². The molecule has 0 spiro atoms. The van der Waals surface area contributed by atoms with Gasteiger partial charge in [0.2, 0.25) is 5.91 Å². The van der Waals surface area contributed by atoms with E-state index in [9.17, 15) is 23.9 Å². The highest BCUT2D eigenvalue weighted by Crippen LogP contribution is 2.44. The van der Waals surface area contributed by atoms with Crippen molar-refractivity contribution in [2.45, 2.75) is 78.7 Å². The lowest BCUT2D eigenvalue weighted by molar-refractivity contribution is -0.172. The molecule has 0 radical (unpaired) electrons. The first-order valence-corrected chi connectivity index (χ1v) is 14.6. The highest BCUT2D eigenvalue weighted by molar-refractivity contribution is 6.31. The number of ether oxygens (including phenoxy) is 1. The molecule has 6 rings (SSSR count). The Bertz CT molecular complexity index is 1740. The fraction of sp³-hybridized carbons (Fsp3) is 0.484. The van der Waals surface area contributed by atoms with Crippen molar-refractivity contribution in [3.63, 3.8) is 0 Å². The molecule has 4 heterocycles. The largest absolute Gasteiger partial charge is 0.458 e. The van der Waals surface area contributed by atoms with Crippen LogP contribution in [0.4, 0.5) is 8.78 Å². The van der Waals surface area contributed by atoms with E-state index in [-0.39, 0.29) is 71.1 Å². The van der Waals surface area contributed by atoms with Gasteiger partial charge < -0.3 is 19.7 Å². The second-order valence-corrected chi connectivity index (χ2v) is 13.2. The molecular weight excluding hydrogens is 568 g/mol. The summed E-state index contributed by atoms with van der Waals surface area (Å²) in [4.78, 5) is 44.2. The van der Waals surface area contributed by atoms with Gasteiger partial charge in [-0.15, -0.1) is 0 Å². The highest BCUT2D eigenvalue weighted by Gasteiger charge is 2.46. The molecule has 2 atom stereocenters. The monoisotopic (exact) mass is 599 g/mol. The maximum absolute atomic E-state index is 15.6. The minimum Gasteiger partial charge on any atom is -0.458 e. The smallest absolute Gasteiger partial charge is 0.343 e. The summed E-state index contributed by atoms with van der Waals surface area (Å²) in [5.41, 5.74) is -0.952. The van der Waals surface area contributed by atoms with E-state index in [0.29, 0.717) is 29.2 Å². The summed E-state index contributed by atoms with van der Waals surface area (Å²) in [5, 5.41) is 13.4. The maximum Gasteiger partial charge on any atom is 0.343 e. The number of cyclic esters (lactones) is 1. The van der Waals surface area contributed by atoms with Gasteiger partial charge in [0, 0.05) is 35.0 Å². The fourth-order valence-corrected chi connectivity index (χ4v) is 6.52. The van der Waals surface area contributed by atoms with Crippen LogP contribution in [0.15, 0.2) is 16.9 Å². The molecule has 3 aliphatic rings. The van der Waals surface area contributed by atoms with Crippen molar-refractivity contribution in [1.29, 1.82) is 0 Å². The second-order valence-electron chi connectivity index (χ2n) is 12.8. The summed E-state index contributed by atoms with van der Waals surface area (Å²) in [5.74, 6) is -2.90. The lowest BCUT2D eigenvalue weighted by atomic mass is 9.82. The Balaban J connectivity index is 1.50. The minimum absolute atomic E-state index is 0.00803. The van der Waals surface area contributed by atoms with E-state index < -0.39 is 33.8 Å². The van der Waals surface area contributed by atoms with Crippen LogP contribution in [0.2, 0.25) is 5.02 Å². The lowest BCUT2D eigenvalue weighted by Crippen LogP contribution is -2.44. The molecule has 2 aliphatic heterocycles. The van der Waals surface area contributed by atoms with Gasteiger partial charge in [-0.3, -0.25) is 9.59 Å². The Kier molecular flexibility index (Phi) is 6.73. The number of benzene rings is 1. The number of carbonyl (C=O) groups excluding carboxylic acids is 2. The number of amides is 1. The van der Waals surface area contributed by atoms with Crippen molar-refractivity contribution < 1.29 is 28.2 Å². The van der Waals surface area contributed by atoms with Gasteiger partial charge in [-0.05, 0) is 48.6 Å². The normalized spacial score (nSPS) is 20.1. The number of esters is 1. The summed E-state index contributed by atoms with van der Waals surface area (Å²) in [6.07, 6.45) is 2.62. The molecule has 1 saturated carbocycles. The number of halogens is 3. The molecule has 11 heteroatoms. The zero-order valence-electron chi connectivity index (χ0n) is 23.9. The number of aromatic nitrogens is 2. The molecule has 0 unspecified atom stereocenters. The van der Waals surface area contributed by atoms with Crippen LogP contribution in [-0.4, -0.2) is 26.5 Å². The summed E-state index contributed by atoms with van der Waals surface area (Å²) < 4.78 is 36.8. The highest BCUT2D eigenvalue weighted by atomic mass is 35.5. The molecule has 2 aromatic heterocycles. The molecule has 1 aromatic carbocycles. The molecule has 0 bridgehead atoms.